The monoisotopic (exact) mass is 316 g/mol. The van der Waals surface area contributed by atoms with Crippen molar-refractivity contribution < 1.29 is 13.9 Å². The smallest absolute Gasteiger partial charge is 0.164 e. The van der Waals surface area contributed by atoms with Crippen LogP contribution in [0, 0.1) is 0 Å². The molecule has 0 radical (unpaired) electrons. The molecule has 0 atom stereocenters. The van der Waals surface area contributed by atoms with Gasteiger partial charge in [0.2, 0.25) is 0 Å². The van der Waals surface area contributed by atoms with E-state index in [1.807, 2.05) is 6.92 Å². The van der Waals surface area contributed by atoms with Gasteiger partial charge in [-0.1, -0.05) is 64.1 Å². The lowest BCUT2D eigenvalue weighted by molar-refractivity contribution is 0.392. The van der Waals surface area contributed by atoms with E-state index in [0.717, 1.165) is 24.1 Å². The van der Waals surface area contributed by atoms with Crippen LogP contribution in [0.3, 0.4) is 0 Å². The number of halogens is 2. The van der Waals surface area contributed by atoms with Gasteiger partial charge in [-0.25, -0.2) is 8.78 Å². The van der Waals surface area contributed by atoms with Crippen LogP contribution in [0.15, 0.2) is 109 Å². The van der Waals surface area contributed by atoms with Gasteiger partial charge in [0.25, 0.3) is 0 Å². The zero-order chi connectivity index (χ0) is 18.2. The molecule has 0 fully saturated rings. The van der Waals surface area contributed by atoms with Gasteiger partial charge < -0.3 is 5.11 Å². The molecule has 0 aliphatic rings. The molecule has 0 saturated carbocycles. The average Bonchev–Trinajstić information content (AvgIpc) is 2.50. The molecule has 0 aliphatic heterocycles. The van der Waals surface area contributed by atoms with E-state index in [0.29, 0.717) is 11.1 Å². The van der Waals surface area contributed by atoms with Crippen molar-refractivity contribution >= 4 is 0 Å². The summed E-state index contributed by atoms with van der Waals surface area (Å²) in [6.07, 6.45) is 6.24. The number of aliphatic hydroxyl groups is 1. The van der Waals surface area contributed by atoms with Crippen molar-refractivity contribution in [1.82, 2.24) is 0 Å². The molecule has 0 rings (SSSR count). The summed E-state index contributed by atoms with van der Waals surface area (Å²) < 4.78 is 27.3. The second-order valence-electron chi connectivity index (χ2n) is 4.83. The molecule has 0 aromatic heterocycles. The van der Waals surface area contributed by atoms with Crippen molar-refractivity contribution in [2.24, 2.45) is 0 Å². The predicted molar refractivity (Wildman–Crippen MR) is 95.3 cm³/mol. The molecule has 0 unspecified atom stereocenters. The van der Waals surface area contributed by atoms with Gasteiger partial charge in [-0.05, 0) is 35.3 Å². The van der Waals surface area contributed by atoms with Crippen LogP contribution in [0.25, 0.3) is 0 Å². The summed E-state index contributed by atoms with van der Waals surface area (Å²) in [5.41, 5.74) is 1.61. The number of aliphatic hydroxyl groups excluding tert-OH is 1. The number of hydrogen-bond donors (Lipinski definition) is 1. The average molecular weight is 316 g/mol. The molecule has 0 aliphatic carbocycles. The standard InChI is InChI=1S/C20H22F2O/c1-8-13(2)9-10-14(3)15(4)11-19(21)17(6)16(5)12-20(22)18(7)23/h9-12,23H,2-8H2,1H3/b10-9-,19-11+,20-12+. The van der Waals surface area contributed by atoms with Crippen LogP contribution in [-0.4, -0.2) is 5.11 Å². The van der Waals surface area contributed by atoms with Gasteiger partial charge in [-0.15, -0.1) is 0 Å². The third-order valence-electron chi connectivity index (χ3n) is 2.94. The molecule has 122 valence electrons. The summed E-state index contributed by atoms with van der Waals surface area (Å²) >= 11 is 0. The minimum Gasteiger partial charge on any atom is -0.506 e. The summed E-state index contributed by atoms with van der Waals surface area (Å²) in [5, 5.41) is 8.88. The first-order valence-corrected chi connectivity index (χ1v) is 6.85. The summed E-state index contributed by atoms with van der Waals surface area (Å²) in [7, 11) is 0. The molecule has 1 nitrogen and oxygen atoms in total. The van der Waals surface area contributed by atoms with Gasteiger partial charge in [0, 0.05) is 5.57 Å². The lowest BCUT2D eigenvalue weighted by Gasteiger charge is -2.05. The fourth-order valence-electron chi connectivity index (χ4n) is 1.25. The normalized spacial score (nSPS) is 12.1. The minimum atomic E-state index is -1.01. The highest BCUT2D eigenvalue weighted by molar-refractivity contribution is 5.52. The van der Waals surface area contributed by atoms with Crippen LogP contribution in [0.2, 0.25) is 0 Å². The van der Waals surface area contributed by atoms with Crippen LogP contribution in [0.4, 0.5) is 8.78 Å². The zero-order valence-corrected chi connectivity index (χ0v) is 13.5. The van der Waals surface area contributed by atoms with Gasteiger partial charge >= 0.3 is 0 Å². The second-order valence-corrected chi connectivity index (χ2v) is 4.83. The molecule has 0 aromatic rings. The van der Waals surface area contributed by atoms with Crippen molar-refractivity contribution in [2.45, 2.75) is 13.3 Å². The Morgan fingerprint density at radius 3 is 1.83 bits per heavy atom. The van der Waals surface area contributed by atoms with Crippen LogP contribution in [0.5, 0.6) is 0 Å². The molecule has 0 saturated heterocycles. The predicted octanol–water partition coefficient (Wildman–Crippen LogP) is 6.51. The number of hydrogen-bond acceptors (Lipinski definition) is 1. The SMILES string of the molecule is C=C(/C=C\C(=C)C(=C)/C=C(/F)C(=C)C(=C)/C=C(/F)C(=C)O)CC. The van der Waals surface area contributed by atoms with Crippen LogP contribution >= 0.6 is 0 Å². The molecule has 0 amide bonds. The Bertz CT molecular complexity index is 655. The maximum Gasteiger partial charge on any atom is 0.164 e. The van der Waals surface area contributed by atoms with Gasteiger partial charge in [0.1, 0.15) is 11.6 Å². The van der Waals surface area contributed by atoms with Crippen LogP contribution in [-0.2, 0) is 0 Å². The van der Waals surface area contributed by atoms with Crippen molar-refractivity contribution in [2.75, 3.05) is 0 Å². The molecule has 23 heavy (non-hydrogen) atoms. The third kappa shape index (κ3) is 7.23. The fourth-order valence-corrected chi connectivity index (χ4v) is 1.25. The van der Waals surface area contributed by atoms with E-state index >= 15 is 0 Å². The third-order valence-corrected chi connectivity index (χ3v) is 2.94. The summed E-state index contributed by atoms with van der Waals surface area (Å²) in [6.45, 7) is 23.3. The van der Waals surface area contributed by atoms with Gasteiger partial charge in [0.05, 0.1) is 0 Å². The van der Waals surface area contributed by atoms with Crippen molar-refractivity contribution in [3.05, 3.63) is 109 Å². The summed E-state index contributed by atoms with van der Waals surface area (Å²) in [4.78, 5) is 0. The van der Waals surface area contributed by atoms with E-state index in [-0.39, 0.29) is 11.1 Å². The summed E-state index contributed by atoms with van der Waals surface area (Å²) in [6, 6.07) is 0. The van der Waals surface area contributed by atoms with E-state index in [2.05, 4.69) is 39.5 Å². The lowest BCUT2D eigenvalue weighted by Crippen LogP contribution is -1.89. The quantitative estimate of drug-likeness (QED) is 0.379. The van der Waals surface area contributed by atoms with Crippen molar-refractivity contribution in [3.8, 4) is 0 Å². The Balaban J connectivity index is 5.08. The maximum absolute atomic E-state index is 14.1. The lowest BCUT2D eigenvalue weighted by atomic mass is 10.0. The molecule has 0 bridgehead atoms. The van der Waals surface area contributed by atoms with E-state index in [9.17, 15) is 8.78 Å². The maximum atomic E-state index is 14.1. The fraction of sp³-hybridized carbons (Fsp3) is 0.100. The molecule has 1 N–H and O–H groups in total. The Morgan fingerprint density at radius 2 is 1.35 bits per heavy atom. The largest absolute Gasteiger partial charge is 0.506 e. The molecule has 0 spiro atoms. The Kier molecular flexibility index (Phi) is 8.27. The van der Waals surface area contributed by atoms with Gasteiger partial charge in [-0.3, -0.25) is 0 Å². The molecular formula is C20H22F2O. The Morgan fingerprint density at radius 1 is 0.826 bits per heavy atom. The van der Waals surface area contributed by atoms with E-state index in [1.165, 1.54) is 0 Å². The van der Waals surface area contributed by atoms with E-state index < -0.39 is 17.4 Å². The summed E-state index contributed by atoms with van der Waals surface area (Å²) in [5.74, 6) is -2.49. The number of allylic oxidation sites excluding steroid dienone is 11. The number of rotatable bonds is 9. The van der Waals surface area contributed by atoms with E-state index in [1.54, 1.807) is 12.2 Å². The first-order valence-electron chi connectivity index (χ1n) is 6.85. The molecule has 0 heterocycles. The Labute approximate surface area is 137 Å². The van der Waals surface area contributed by atoms with Crippen LogP contribution in [0.1, 0.15) is 13.3 Å². The highest BCUT2D eigenvalue weighted by Crippen LogP contribution is 2.24. The van der Waals surface area contributed by atoms with E-state index in [4.69, 9.17) is 5.11 Å². The highest BCUT2D eigenvalue weighted by Gasteiger charge is 2.08. The first kappa shape index (κ1) is 20.3. The molecular weight excluding hydrogens is 294 g/mol. The van der Waals surface area contributed by atoms with Gasteiger partial charge in [-0.2, -0.15) is 0 Å². The zero-order valence-electron chi connectivity index (χ0n) is 13.5. The second kappa shape index (κ2) is 9.36. The first-order chi connectivity index (χ1) is 10.6. The van der Waals surface area contributed by atoms with Gasteiger partial charge in [0.15, 0.2) is 5.83 Å². The Hall–Kier alpha value is -2.68. The molecule has 3 heteroatoms. The van der Waals surface area contributed by atoms with Crippen LogP contribution < -0.4 is 0 Å². The topological polar surface area (TPSA) is 20.2 Å². The minimum absolute atomic E-state index is 0.0280. The molecule has 0 aromatic carbocycles. The van der Waals surface area contributed by atoms with Crippen molar-refractivity contribution in [3.63, 3.8) is 0 Å². The highest BCUT2D eigenvalue weighted by atomic mass is 19.1. The van der Waals surface area contributed by atoms with Crippen molar-refractivity contribution in [1.29, 1.82) is 0 Å².